The number of rotatable bonds is 4. The van der Waals surface area contributed by atoms with Crippen molar-refractivity contribution in [3.63, 3.8) is 0 Å². The number of hydrogen-bond acceptors (Lipinski definition) is 4. The minimum atomic E-state index is 0.524. The Morgan fingerprint density at radius 1 is 1.22 bits per heavy atom. The van der Waals surface area contributed by atoms with Gasteiger partial charge in [-0.05, 0) is 25.0 Å². The molecule has 18 heavy (non-hydrogen) atoms. The highest BCUT2D eigenvalue weighted by Crippen LogP contribution is 2.40. The highest BCUT2D eigenvalue weighted by molar-refractivity contribution is 5.26. The SMILES string of the molecule is NCc1cnc(Cc2ccccn2)nc1C1CC1. The van der Waals surface area contributed by atoms with Crippen LogP contribution in [0.4, 0.5) is 0 Å². The second-order valence-electron chi connectivity index (χ2n) is 4.67. The Balaban J connectivity index is 1.86. The van der Waals surface area contributed by atoms with Crippen LogP contribution in [-0.4, -0.2) is 15.0 Å². The lowest BCUT2D eigenvalue weighted by Gasteiger charge is -2.07. The van der Waals surface area contributed by atoms with Gasteiger partial charge in [0, 0.05) is 36.1 Å². The average Bonchev–Trinajstić information content (AvgIpc) is 3.24. The summed E-state index contributed by atoms with van der Waals surface area (Å²) in [7, 11) is 0. The Bertz CT molecular complexity index is 535. The third kappa shape index (κ3) is 2.38. The average molecular weight is 240 g/mol. The fourth-order valence-corrected chi connectivity index (χ4v) is 2.08. The molecular weight excluding hydrogens is 224 g/mol. The zero-order chi connectivity index (χ0) is 12.4. The summed E-state index contributed by atoms with van der Waals surface area (Å²) in [5.74, 6) is 1.45. The molecule has 0 amide bonds. The van der Waals surface area contributed by atoms with Crippen molar-refractivity contribution < 1.29 is 0 Å². The van der Waals surface area contributed by atoms with Crippen LogP contribution >= 0.6 is 0 Å². The third-order valence-electron chi connectivity index (χ3n) is 3.20. The number of nitrogens with two attached hydrogens (primary N) is 1. The van der Waals surface area contributed by atoms with E-state index in [0.29, 0.717) is 18.9 Å². The Kier molecular flexibility index (Phi) is 3.02. The summed E-state index contributed by atoms with van der Waals surface area (Å²) in [4.78, 5) is 13.4. The van der Waals surface area contributed by atoms with Crippen LogP contribution in [0.1, 0.15) is 41.5 Å². The molecule has 1 fully saturated rings. The Morgan fingerprint density at radius 2 is 2.11 bits per heavy atom. The topological polar surface area (TPSA) is 64.7 Å². The third-order valence-corrected chi connectivity index (χ3v) is 3.20. The Morgan fingerprint density at radius 3 is 2.78 bits per heavy atom. The minimum Gasteiger partial charge on any atom is -0.326 e. The van der Waals surface area contributed by atoms with Crippen molar-refractivity contribution in [1.82, 2.24) is 15.0 Å². The van der Waals surface area contributed by atoms with Crippen molar-refractivity contribution in [3.05, 3.63) is 53.4 Å². The maximum absolute atomic E-state index is 5.73. The smallest absolute Gasteiger partial charge is 0.134 e. The highest BCUT2D eigenvalue weighted by Gasteiger charge is 2.27. The van der Waals surface area contributed by atoms with E-state index in [1.54, 1.807) is 6.20 Å². The lowest BCUT2D eigenvalue weighted by Crippen LogP contribution is -2.08. The normalized spacial score (nSPS) is 14.7. The molecule has 2 aromatic rings. The highest BCUT2D eigenvalue weighted by atomic mass is 14.9. The molecule has 0 aliphatic heterocycles. The van der Waals surface area contributed by atoms with E-state index in [2.05, 4.69) is 15.0 Å². The molecule has 1 aliphatic rings. The van der Waals surface area contributed by atoms with Gasteiger partial charge in [-0.15, -0.1) is 0 Å². The van der Waals surface area contributed by atoms with E-state index >= 15 is 0 Å². The number of aromatic nitrogens is 3. The molecule has 0 spiro atoms. The zero-order valence-corrected chi connectivity index (χ0v) is 10.2. The van der Waals surface area contributed by atoms with Gasteiger partial charge < -0.3 is 5.73 Å². The van der Waals surface area contributed by atoms with Gasteiger partial charge in [-0.25, -0.2) is 9.97 Å². The Labute approximate surface area is 106 Å². The van der Waals surface area contributed by atoms with Crippen molar-refractivity contribution in [3.8, 4) is 0 Å². The van der Waals surface area contributed by atoms with Crippen LogP contribution in [0.3, 0.4) is 0 Å². The standard InChI is InChI=1S/C14H16N4/c15-8-11-9-17-13(18-14(11)10-4-5-10)7-12-3-1-2-6-16-12/h1-3,6,9-10H,4-5,7-8,15H2. The number of nitrogens with zero attached hydrogens (tertiary/aromatic N) is 3. The summed E-state index contributed by atoms with van der Waals surface area (Å²) >= 11 is 0. The van der Waals surface area contributed by atoms with Crippen LogP contribution in [0.15, 0.2) is 30.6 Å². The van der Waals surface area contributed by atoms with Gasteiger partial charge in [0.25, 0.3) is 0 Å². The first-order valence-corrected chi connectivity index (χ1v) is 6.31. The molecule has 0 saturated heterocycles. The maximum atomic E-state index is 5.73. The predicted octanol–water partition coefficient (Wildman–Crippen LogP) is 1.80. The molecule has 0 unspecified atom stereocenters. The van der Waals surface area contributed by atoms with E-state index in [9.17, 15) is 0 Å². The molecule has 3 rings (SSSR count). The molecule has 2 N–H and O–H groups in total. The van der Waals surface area contributed by atoms with Crippen LogP contribution in [-0.2, 0) is 13.0 Å². The van der Waals surface area contributed by atoms with Gasteiger partial charge in [0.1, 0.15) is 5.82 Å². The van der Waals surface area contributed by atoms with Gasteiger partial charge in [0.15, 0.2) is 0 Å². The molecule has 0 radical (unpaired) electrons. The van der Waals surface area contributed by atoms with Crippen molar-refractivity contribution >= 4 is 0 Å². The fourth-order valence-electron chi connectivity index (χ4n) is 2.08. The molecule has 1 aliphatic carbocycles. The van der Waals surface area contributed by atoms with Gasteiger partial charge in [-0.3, -0.25) is 4.98 Å². The van der Waals surface area contributed by atoms with Gasteiger partial charge in [0.05, 0.1) is 12.1 Å². The van der Waals surface area contributed by atoms with E-state index in [-0.39, 0.29) is 0 Å². The molecule has 4 heteroatoms. The molecular formula is C14H16N4. The molecule has 2 aromatic heterocycles. The zero-order valence-electron chi connectivity index (χ0n) is 10.2. The second kappa shape index (κ2) is 4.82. The van der Waals surface area contributed by atoms with E-state index in [4.69, 9.17) is 5.73 Å². The molecule has 4 nitrogen and oxygen atoms in total. The summed E-state index contributed by atoms with van der Waals surface area (Å²) < 4.78 is 0. The largest absolute Gasteiger partial charge is 0.326 e. The molecule has 92 valence electrons. The molecule has 1 saturated carbocycles. The van der Waals surface area contributed by atoms with E-state index in [0.717, 1.165) is 22.8 Å². The quantitative estimate of drug-likeness (QED) is 0.885. The van der Waals surface area contributed by atoms with E-state index < -0.39 is 0 Å². The van der Waals surface area contributed by atoms with Gasteiger partial charge in [-0.2, -0.15) is 0 Å². The van der Waals surface area contributed by atoms with Gasteiger partial charge in [0.2, 0.25) is 0 Å². The van der Waals surface area contributed by atoms with Crippen molar-refractivity contribution in [2.24, 2.45) is 5.73 Å². The van der Waals surface area contributed by atoms with Crippen LogP contribution < -0.4 is 5.73 Å². The van der Waals surface area contributed by atoms with Gasteiger partial charge >= 0.3 is 0 Å². The lowest BCUT2D eigenvalue weighted by molar-refractivity contribution is 0.844. The molecule has 0 bridgehead atoms. The second-order valence-corrected chi connectivity index (χ2v) is 4.67. The fraction of sp³-hybridized carbons (Fsp3) is 0.357. The van der Waals surface area contributed by atoms with E-state index in [1.807, 2.05) is 24.4 Å². The monoisotopic (exact) mass is 240 g/mol. The van der Waals surface area contributed by atoms with Gasteiger partial charge in [-0.1, -0.05) is 6.07 Å². The summed E-state index contributed by atoms with van der Waals surface area (Å²) in [6.45, 7) is 0.524. The lowest BCUT2D eigenvalue weighted by atomic mass is 10.1. The number of pyridine rings is 1. The minimum absolute atomic E-state index is 0.524. The molecule has 0 aromatic carbocycles. The first-order chi connectivity index (χ1) is 8.86. The maximum Gasteiger partial charge on any atom is 0.134 e. The van der Waals surface area contributed by atoms with Crippen molar-refractivity contribution in [2.75, 3.05) is 0 Å². The first-order valence-electron chi connectivity index (χ1n) is 6.31. The Hall–Kier alpha value is -1.81. The van der Waals surface area contributed by atoms with Crippen molar-refractivity contribution in [2.45, 2.75) is 31.7 Å². The van der Waals surface area contributed by atoms with Crippen LogP contribution in [0.25, 0.3) is 0 Å². The molecule has 0 atom stereocenters. The summed E-state index contributed by atoms with van der Waals surface area (Å²) in [6, 6.07) is 5.90. The predicted molar refractivity (Wildman–Crippen MR) is 68.9 cm³/mol. The first kappa shape index (κ1) is 11.3. The summed E-state index contributed by atoms with van der Waals surface area (Å²) in [5.41, 5.74) is 8.96. The summed E-state index contributed by atoms with van der Waals surface area (Å²) in [6.07, 6.45) is 6.82. The molecule has 2 heterocycles. The van der Waals surface area contributed by atoms with Crippen molar-refractivity contribution in [1.29, 1.82) is 0 Å². The number of hydrogen-bond donors (Lipinski definition) is 1. The van der Waals surface area contributed by atoms with Crippen LogP contribution in [0.5, 0.6) is 0 Å². The van der Waals surface area contributed by atoms with Crippen LogP contribution in [0, 0.1) is 0 Å². The summed E-state index contributed by atoms with van der Waals surface area (Å²) in [5, 5.41) is 0. The van der Waals surface area contributed by atoms with E-state index in [1.165, 1.54) is 12.8 Å². The van der Waals surface area contributed by atoms with Crippen LogP contribution in [0.2, 0.25) is 0 Å².